The Morgan fingerprint density at radius 1 is 1.64 bits per heavy atom. The Labute approximate surface area is 70.0 Å². The van der Waals surface area contributed by atoms with Crippen molar-refractivity contribution in [2.75, 3.05) is 0 Å². The van der Waals surface area contributed by atoms with Crippen molar-refractivity contribution in [1.29, 1.82) is 0 Å². The first-order chi connectivity index (χ1) is 5.24. The van der Waals surface area contributed by atoms with E-state index in [-0.39, 0.29) is 5.75 Å². The molecule has 0 atom stereocenters. The summed E-state index contributed by atoms with van der Waals surface area (Å²) in [7, 11) is 0. The van der Waals surface area contributed by atoms with E-state index in [0.29, 0.717) is 5.03 Å². The molecule has 2 nitrogen and oxygen atoms in total. The molecule has 1 N–H and O–H groups in total. The number of aromatic hydroxyl groups is 1. The van der Waals surface area contributed by atoms with E-state index in [2.05, 4.69) is 11.6 Å². The lowest BCUT2D eigenvalue weighted by molar-refractivity contribution is 0.456. The molecule has 1 aromatic rings. The topological polar surface area (TPSA) is 33.1 Å². The zero-order chi connectivity index (χ0) is 8.27. The quantitative estimate of drug-likeness (QED) is 0.686. The number of nitrogens with zero attached hydrogens (tertiary/aromatic N) is 1. The number of hydrogen-bond acceptors (Lipinski definition) is 3. The van der Waals surface area contributed by atoms with Crippen LogP contribution >= 0.6 is 11.8 Å². The second-order valence-electron chi connectivity index (χ2n) is 2.06. The number of rotatable bonds is 2. The van der Waals surface area contributed by atoms with E-state index in [0.717, 1.165) is 5.69 Å². The predicted molar refractivity (Wildman–Crippen MR) is 46.7 cm³/mol. The summed E-state index contributed by atoms with van der Waals surface area (Å²) in [6, 6.07) is 3.40. The maximum atomic E-state index is 9.23. The summed E-state index contributed by atoms with van der Waals surface area (Å²) in [5.41, 5.74) is 0.896. The summed E-state index contributed by atoms with van der Waals surface area (Å²) >= 11 is 1.32. The minimum absolute atomic E-state index is 0.209. The first kappa shape index (κ1) is 8.14. The molecule has 0 amide bonds. The van der Waals surface area contributed by atoms with Gasteiger partial charge in [-0.25, -0.2) is 4.98 Å². The van der Waals surface area contributed by atoms with E-state index in [1.54, 1.807) is 17.5 Å². The van der Waals surface area contributed by atoms with Crippen LogP contribution in [-0.4, -0.2) is 10.1 Å². The summed E-state index contributed by atoms with van der Waals surface area (Å²) in [6.45, 7) is 5.42. The van der Waals surface area contributed by atoms with Gasteiger partial charge in [-0.05, 0) is 24.5 Å². The van der Waals surface area contributed by atoms with E-state index in [1.165, 1.54) is 11.8 Å². The second-order valence-corrected chi connectivity index (χ2v) is 3.02. The highest BCUT2D eigenvalue weighted by molar-refractivity contribution is 8.02. The molecule has 58 valence electrons. The minimum Gasteiger partial charge on any atom is -0.505 e. The smallest absolute Gasteiger partial charge is 0.148 e. The Hall–Kier alpha value is -0.960. The third-order valence-corrected chi connectivity index (χ3v) is 1.86. The lowest BCUT2D eigenvalue weighted by atomic mass is 10.4. The lowest BCUT2D eigenvalue weighted by Gasteiger charge is -1.99. The van der Waals surface area contributed by atoms with E-state index in [9.17, 15) is 5.11 Å². The normalized spacial score (nSPS) is 9.55. The average Bonchev–Trinajstić information content (AvgIpc) is 1.98. The molecular weight excluding hydrogens is 158 g/mol. The fourth-order valence-electron chi connectivity index (χ4n) is 0.691. The molecule has 3 heteroatoms. The number of aryl methyl sites for hydroxylation is 1. The van der Waals surface area contributed by atoms with Crippen LogP contribution in [-0.2, 0) is 0 Å². The summed E-state index contributed by atoms with van der Waals surface area (Å²) < 4.78 is 0. The van der Waals surface area contributed by atoms with Gasteiger partial charge in [-0.2, -0.15) is 0 Å². The fraction of sp³-hybridized carbons (Fsp3) is 0.125. The molecule has 0 saturated heterocycles. The van der Waals surface area contributed by atoms with E-state index in [4.69, 9.17) is 0 Å². The van der Waals surface area contributed by atoms with Gasteiger partial charge < -0.3 is 5.11 Å². The molecule has 0 spiro atoms. The first-order valence-corrected chi connectivity index (χ1v) is 4.06. The van der Waals surface area contributed by atoms with Gasteiger partial charge >= 0.3 is 0 Å². The minimum atomic E-state index is 0.209. The lowest BCUT2D eigenvalue weighted by Crippen LogP contribution is -1.82. The van der Waals surface area contributed by atoms with Crippen molar-refractivity contribution in [2.45, 2.75) is 11.9 Å². The Kier molecular flexibility index (Phi) is 2.54. The van der Waals surface area contributed by atoms with Crippen molar-refractivity contribution in [3.63, 3.8) is 0 Å². The van der Waals surface area contributed by atoms with Crippen LogP contribution in [0.4, 0.5) is 0 Å². The molecule has 1 rings (SSSR count). The molecule has 0 radical (unpaired) electrons. The molecule has 0 aromatic carbocycles. The van der Waals surface area contributed by atoms with E-state index < -0.39 is 0 Å². The largest absolute Gasteiger partial charge is 0.505 e. The molecule has 11 heavy (non-hydrogen) atoms. The highest BCUT2D eigenvalue weighted by Gasteiger charge is 2.00. The molecule has 0 fully saturated rings. The Morgan fingerprint density at radius 3 is 3.00 bits per heavy atom. The van der Waals surface area contributed by atoms with Crippen molar-refractivity contribution in [3.8, 4) is 5.75 Å². The van der Waals surface area contributed by atoms with Gasteiger partial charge in [-0.3, -0.25) is 0 Å². The van der Waals surface area contributed by atoms with E-state index >= 15 is 0 Å². The van der Waals surface area contributed by atoms with Crippen LogP contribution in [0.2, 0.25) is 0 Å². The van der Waals surface area contributed by atoms with Crippen LogP contribution in [0.15, 0.2) is 29.1 Å². The SMILES string of the molecule is C=CSc1nc(C)ccc1O. The Morgan fingerprint density at radius 2 is 2.36 bits per heavy atom. The molecule has 0 saturated carbocycles. The highest BCUT2D eigenvalue weighted by atomic mass is 32.2. The summed E-state index contributed by atoms with van der Waals surface area (Å²) in [6.07, 6.45) is 0. The molecule has 0 unspecified atom stereocenters. The van der Waals surface area contributed by atoms with Gasteiger partial charge in [-0.1, -0.05) is 18.3 Å². The van der Waals surface area contributed by atoms with Gasteiger partial charge in [0.15, 0.2) is 0 Å². The predicted octanol–water partition coefficient (Wildman–Crippen LogP) is 2.33. The van der Waals surface area contributed by atoms with Crippen molar-refractivity contribution in [1.82, 2.24) is 4.98 Å². The van der Waals surface area contributed by atoms with Gasteiger partial charge in [0.05, 0.1) is 0 Å². The zero-order valence-electron chi connectivity index (χ0n) is 6.24. The monoisotopic (exact) mass is 167 g/mol. The molecule has 0 aliphatic rings. The van der Waals surface area contributed by atoms with Crippen LogP contribution in [0.3, 0.4) is 0 Å². The van der Waals surface area contributed by atoms with E-state index in [1.807, 2.05) is 6.92 Å². The molecule has 1 heterocycles. The number of hydrogen-bond donors (Lipinski definition) is 1. The van der Waals surface area contributed by atoms with Gasteiger partial charge in [0.2, 0.25) is 0 Å². The molecule has 0 bridgehead atoms. The van der Waals surface area contributed by atoms with Crippen molar-refractivity contribution >= 4 is 11.8 Å². The van der Waals surface area contributed by atoms with Crippen molar-refractivity contribution < 1.29 is 5.11 Å². The molecule has 1 aromatic heterocycles. The number of pyridine rings is 1. The van der Waals surface area contributed by atoms with Gasteiger partial charge in [-0.15, -0.1) is 0 Å². The first-order valence-electron chi connectivity index (χ1n) is 3.18. The van der Waals surface area contributed by atoms with Gasteiger partial charge in [0, 0.05) is 5.69 Å². The standard InChI is InChI=1S/C8H9NOS/c1-3-11-8-7(10)5-4-6(2)9-8/h3-5,10H,1H2,2H3. The zero-order valence-corrected chi connectivity index (χ0v) is 7.06. The summed E-state index contributed by atoms with van der Waals surface area (Å²) in [5, 5.41) is 11.5. The second kappa shape index (κ2) is 3.44. The Bertz CT molecular complexity index is 273. The van der Waals surface area contributed by atoms with Crippen LogP contribution < -0.4 is 0 Å². The molecular formula is C8H9NOS. The van der Waals surface area contributed by atoms with Crippen molar-refractivity contribution in [2.24, 2.45) is 0 Å². The maximum absolute atomic E-state index is 9.23. The maximum Gasteiger partial charge on any atom is 0.148 e. The highest BCUT2D eigenvalue weighted by Crippen LogP contribution is 2.26. The van der Waals surface area contributed by atoms with Crippen molar-refractivity contribution in [3.05, 3.63) is 29.8 Å². The third kappa shape index (κ3) is 1.98. The number of thioether (sulfide) groups is 1. The molecule has 0 aliphatic heterocycles. The summed E-state index contributed by atoms with van der Waals surface area (Å²) in [5.74, 6) is 0.209. The van der Waals surface area contributed by atoms with Gasteiger partial charge in [0.1, 0.15) is 10.8 Å². The van der Waals surface area contributed by atoms with Crippen LogP contribution in [0.1, 0.15) is 5.69 Å². The van der Waals surface area contributed by atoms with Gasteiger partial charge in [0.25, 0.3) is 0 Å². The van der Waals surface area contributed by atoms with Crippen LogP contribution in [0.5, 0.6) is 5.75 Å². The number of aromatic nitrogens is 1. The average molecular weight is 167 g/mol. The summed E-state index contributed by atoms with van der Waals surface area (Å²) in [4.78, 5) is 4.10. The third-order valence-electron chi connectivity index (χ3n) is 1.17. The van der Waals surface area contributed by atoms with Crippen LogP contribution in [0, 0.1) is 6.92 Å². The Balaban J connectivity index is 3.01. The van der Waals surface area contributed by atoms with Crippen LogP contribution in [0.25, 0.3) is 0 Å². The molecule has 0 aliphatic carbocycles. The fourth-order valence-corrected chi connectivity index (χ4v) is 1.23.